The number of carbonyl (C=O) groups is 1. The minimum atomic E-state index is -0.720. The van der Waals surface area contributed by atoms with Crippen LogP contribution in [-0.2, 0) is 4.79 Å². The average Bonchev–Trinajstić information content (AvgIpc) is 2.53. The monoisotopic (exact) mass is 306 g/mol. The van der Waals surface area contributed by atoms with Gasteiger partial charge in [-0.1, -0.05) is 18.2 Å². The molecule has 1 N–H and O–H groups in total. The standard InChI is InChI=1S/C16H22N2O2S/c1-12(16(19)20)17-7-9-18(10-8-17)14-6-11-21-15-5-3-2-4-13(14)15/h2-5,12,14H,6-11H2,1H3,(H,19,20). The fourth-order valence-electron chi connectivity index (χ4n) is 3.30. The molecule has 0 aliphatic carbocycles. The summed E-state index contributed by atoms with van der Waals surface area (Å²) in [6.45, 7) is 5.39. The quantitative estimate of drug-likeness (QED) is 0.928. The van der Waals surface area contributed by atoms with Gasteiger partial charge in [-0.05, 0) is 30.7 Å². The van der Waals surface area contributed by atoms with Gasteiger partial charge >= 0.3 is 5.97 Å². The molecule has 1 aromatic carbocycles. The van der Waals surface area contributed by atoms with Crippen LogP contribution in [0.15, 0.2) is 29.2 Å². The summed E-state index contributed by atoms with van der Waals surface area (Å²) in [5.41, 5.74) is 1.45. The third-order valence-corrected chi connectivity index (χ3v) is 5.74. The Kier molecular flexibility index (Phi) is 4.52. The maximum absolute atomic E-state index is 11.1. The number of thioether (sulfide) groups is 1. The van der Waals surface area contributed by atoms with Gasteiger partial charge in [0.05, 0.1) is 0 Å². The van der Waals surface area contributed by atoms with E-state index < -0.39 is 5.97 Å². The molecule has 114 valence electrons. The number of hydrogen-bond donors (Lipinski definition) is 1. The molecule has 1 fully saturated rings. The van der Waals surface area contributed by atoms with Gasteiger partial charge in [0.25, 0.3) is 0 Å². The molecule has 3 rings (SSSR count). The molecule has 5 heteroatoms. The van der Waals surface area contributed by atoms with Gasteiger partial charge < -0.3 is 5.11 Å². The fourth-order valence-corrected chi connectivity index (χ4v) is 4.40. The second-order valence-electron chi connectivity index (χ2n) is 5.78. The molecule has 0 spiro atoms. The maximum Gasteiger partial charge on any atom is 0.320 e. The summed E-state index contributed by atoms with van der Waals surface area (Å²) in [7, 11) is 0. The van der Waals surface area contributed by atoms with Crippen molar-refractivity contribution in [3.05, 3.63) is 29.8 Å². The van der Waals surface area contributed by atoms with Gasteiger partial charge in [-0.3, -0.25) is 14.6 Å². The Morgan fingerprint density at radius 3 is 2.71 bits per heavy atom. The van der Waals surface area contributed by atoms with Crippen LogP contribution in [0, 0.1) is 0 Å². The van der Waals surface area contributed by atoms with Crippen molar-refractivity contribution < 1.29 is 9.90 Å². The minimum absolute atomic E-state index is 0.374. The topological polar surface area (TPSA) is 43.8 Å². The summed E-state index contributed by atoms with van der Waals surface area (Å²) < 4.78 is 0. The molecule has 2 heterocycles. The zero-order valence-corrected chi connectivity index (χ0v) is 13.2. The first-order valence-corrected chi connectivity index (χ1v) is 8.58. The van der Waals surface area contributed by atoms with Gasteiger partial charge in [-0.15, -0.1) is 11.8 Å². The zero-order valence-electron chi connectivity index (χ0n) is 12.4. The molecular weight excluding hydrogens is 284 g/mol. The van der Waals surface area contributed by atoms with Crippen LogP contribution in [0.25, 0.3) is 0 Å². The average molecular weight is 306 g/mol. The Morgan fingerprint density at radius 2 is 2.00 bits per heavy atom. The molecule has 1 saturated heterocycles. The first kappa shape index (κ1) is 14.9. The molecule has 0 amide bonds. The van der Waals surface area contributed by atoms with Crippen LogP contribution in [0.3, 0.4) is 0 Å². The highest BCUT2D eigenvalue weighted by Gasteiger charge is 2.31. The number of carboxylic acid groups (broad SMARTS) is 1. The smallest absolute Gasteiger partial charge is 0.320 e. The number of aliphatic carboxylic acids is 1. The second kappa shape index (κ2) is 6.38. The van der Waals surface area contributed by atoms with Crippen molar-refractivity contribution in [2.24, 2.45) is 0 Å². The highest BCUT2D eigenvalue weighted by molar-refractivity contribution is 7.99. The van der Waals surface area contributed by atoms with Crippen LogP contribution >= 0.6 is 11.8 Å². The summed E-state index contributed by atoms with van der Waals surface area (Å²) in [5, 5.41) is 9.12. The SMILES string of the molecule is CC(C(=O)O)N1CCN(C2CCSc3ccccc32)CC1. The number of benzene rings is 1. The van der Waals surface area contributed by atoms with Crippen molar-refractivity contribution in [2.75, 3.05) is 31.9 Å². The van der Waals surface area contributed by atoms with E-state index in [2.05, 4.69) is 34.1 Å². The molecule has 4 nitrogen and oxygen atoms in total. The molecule has 2 aliphatic heterocycles. The molecule has 1 aromatic rings. The lowest BCUT2D eigenvalue weighted by Crippen LogP contribution is -2.52. The van der Waals surface area contributed by atoms with Crippen LogP contribution in [0.5, 0.6) is 0 Å². The summed E-state index contributed by atoms with van der Waals surface area (Å²) in [5.74, 6) is 0.454. The van der Waals surface area contributed by atoms with Crippen LogP contribution in [0.1, 0.15) is 24.9 Å². The molecular formula is C16H22N2O2S. The van der Waals surface area contributed by atoms with E-state index in [9.17, 15) is 4.79 Å². The predicted molar refractivity (Wildman–Crippen MR) is 84.8 cm³/mol. The number of hydrogen-bond acceptors (Lipinski definition) is 4. The molecule has 0 radical (unpaired) electrons. The van der Waals surface area contributed by atoms with Crippen molar-refractivity contribution in [3.63, 3.8) is 0 Å². The van der Waals surface area contributed by atoms with Gasteiger partial charge in [0.15, 0.2) is 0 Å². The molecule has 0 aromatic heterocycles. The van der Waals surface area contributed by atoms with Gasteiger partial charge in [-0.25, -0.2) is 0 Å². The summed E-state index contributed by atoms with van der Waals surface area (Å²) in [6, 6.07) is 8.83. The van der Waals surface area contributed by atoms with E-state index in [1.165, 1.54) is 22.6 Å². The number of rotatable bonds is 3. The normalized spacial score (nSPS) is 25.3. The van der Waals surface area contributed by atoms with Crippen molar-refractivity contribution in [2.45, 2.75) is 30.3 Å². The first-order valence-electron chi connectivity index (χ1n) is 7.59. The van der Waals surface area contributed by atoms with Crippen LogP contribution < -0.4 is 0 Å². The molecule has 0 bridgehead atoms. The lowest BCUT2D eigenvalue weighted by Gasteiger charge is -2.42. The van der Waals surface area contributed by atoms with Gasteiger partial charge in [0.1, 0.15) is 6.04 Å². The van der Waals surface area contributed by atoms with Gasteiger partial charge in [0, 0.05) is 37.1 Å². The van der Waals surface area contributed by atoms with Crippen LogP contribution in [-0.4, -0.2) is 58.8 Å². The second-order valence-corrected chi connectivity index (χ2v) is 6.91. The van der Waals surface area contributed by atoms with Crippen molar-refractivity contribution in [3.8, 4) is 0 Å². The number of nitrogens with zero attached hydrogens (tertiary/aromatic N) is 2. The predicted octanol–water partition coefficient (Wildman–Crippen LogP) is 2.31. The van der Waals surface area contributed by atoms with E-state index in [1.807, 2.05) is 11.8 Å². The molecule has 2 aliphatic rings. The fraction of sp³-hybridized carbons (Fsp3) is 0.562. The third-order valence-electron chi connectivity index (χ3n) is 4.62. The Bertz CT molecular complexity index is 515. The highest BCUT2D eigenvalue weighted by Crippen LogP contribution is 2.39. The van der Waals surface area contributed by atoms with E-state index in [0.29, 0.717) is 6.04 Å². The van der Waals surface area contributed by atoms with E-state index in [0.717, 1.165) is 26.2 Å². The van der Waals surface area contributed by atoms with Crippen LogP contribution in [0.2, 0.25) is 0 Å². The summed E-state index contributed by atoms with van der Waals surface area (Å²) in [4.78, 5) is 17.1. The lowest BCUT2D eigenvalue weighted by molar-refractivity contribution is -0.143. The molecule has 21 heavy (non-hydrogen) atoms. The zero-order chi connectivity index (χ0) is 14.8. The van der Waals surface area contributed by atoms with Gasteiger partial charge in [0.2, 0.25) is 0 Å². The lowest BCUT2D eigenvalue weighted by atomic mass is 10.0. The van der Waals surface area contributed by atoms with Gasteiger partial charge in [-0.2, -0.15) is 0 Å². The minimum Gasteiger partial charge on any atom is -0.480 e. The van der Waals surface area contributed by atoms with E-state index in [4.69, 9.17) is 5.11 Å². The Hall–Kier alpha value is -1.04. The Labute approximate surface area is 130 Å². The largest absolute Gasteiger partial charge is 0.480 e. The first-order chi connectivity index (χ1) is 10.2. The number of carboxylic acids is 1. The summed E-state index contributed by atoms with van der Waals surface area (Å²) >= 11 is 1.95. The van der Waals surface area contributed by atoms with E-state index in [-0.39, 0.29) is 6.04 Å². The van der Waals surface area contributed by atoms with Crippen molar-refractivity contribution >= 4 is 17.7 Å². The van der Waals surface area contributed by atoms with Crippen LogP contribution in [0.4, 0.5) is 0 Å². The number of fused-ring (bicyclic) bond motifs is 1. The summed E-state index contributed by atoms with van der Waals surface area (Å²) in [6.07, 6.45) is 1.19. The van der Waals surface area contributed by atoms with E-state index in [1.54, 1.807) is 6.92 Å². The molecule has 2 unspecified atom stereocenters. The molecule has 2 atom stereocenters. The highest BCUT2D eigenvalue weighted by atomic mass is 32.2. The maximum atomic E-state index is 11.1. The van der Waals surface area contributed by atoms with Crippen molar-refractivity contribution in [1.82, 2.24) is 9.80 Å². The molecule has 0 saturated carbocycles. The Balaban J connectivity index is 1.67. The Morgan fingerprint density at radius 1 is 1.29 bits per heavy atom. The van der Waals surface area contributed by atoms with Crippen molar-refractivity contribution in [1.29, 1.82) is 0 Å². The number of piperazine rings is 1. The van der Waals surface area contributed by atoms with E-state index >= 15 is 0 Å². The third kappa shape index (κ3) is 3.10.